The molecule has 1 amide bonds. The Labute approximate surface area is 143 Å². The average molecular weight is 339 g/mol. The first kappa shape index (κ1) is 18.9. The van der Waals surface area contributed by atoms with Gasteiger partial charge >= 0.3 is 0 Å². The molecule has 1 aliphatic rings. The van der Waals surface area contributed by atoms with Gasteiger partial charge in [0.25, 0.3) is 0 Å². The lowest BCUT2D eigenvalue weighted by atomic mass is 10.1. The third-order valence-corrected chi connectivity index (χ3v) is 4.00. The molecular weight excluding hydrogens is 310 g/mol. The summed E-state index contributed by atoms with van der Waals surface area (Å²) in [6.45, 7) is 8.94. The molecule has 1 aromatic rings. The monoisotopic (exact) mass is 339 g/mol. The standard InChI is InChI=1S/C17H29N3O4/c1-4-22-12-17(21)20-8-5-14(6-9-20)23-10-7-15-18-16(24-19-15)11-13(2)3/h13-14H,4-12H2,1-3H3. The zero-order valence-electron chi connectivity index (χ0n) is 15.0. The second kappa shape index (κ2) is 9.74. The van der Waals surface area contributed by atoms with Crippen molar-refractivity contribution in [1.82, 2.24) is 15.0 Å². The Morgan fingerprint density at radius 3 is 2.79 bits per heavy atom. The number of hydrogen-bond donors (Lipinski definition) is 0. The molecule has 1 saturated heterocycles. The van der Waals surface area contributed by atoms with Gasteiger partial charge in [0.15, 0.2) is 5.82 Å². The van der Waals surface area contributed by atoms with E-state index in [-0.39, 0.29) is 18.6 Å². The first-order valence-corrected chi connectivity index (χ1v) is 8.87. The second-order valence-corrected chi connectivity index (χ2v) is 6.54. The molecule has 2 heterocycles. The Balaban J connectivity index is 1.62. The molecule has 136 valence electrons. The molecule has 0 spiro atoms. The van der Waals surface area contributed by atoms with Gasteiger partial charge in [-0.05, 0) is 25.7 Å². The highest BCUT2D eigenvalue weighted by Gasteiger charge is 2.23. The van der Waals surface area contributed by atoms with Crippen molar-refractivity contribution in [3.8, 4) is 0 Å². The number of carbonyl (C=O) groups excluding carboxylic acids is 1. The maximum atomic E-state index is 11.9. The van der Waals surface area contributed by atoms with Crippen LogP contribution >= 0.6 is 0 Å². The molecule has 0 bridgehead atoms. The van der Waals surface area contributed by atoms with Gasteiger partial charge in [0.1, 0.15) is 6.61 Å². The minimum absolute atomic E-state index is 0.0692. The highest BCUT2D eigenvalue weighted by atomic mass is 16.5. The summed E-state index contributed by atoms with van der Waals surface area (Å²) in [6, 6.07) is 0. The molecule has 7 heteroatoms. The van der Waals surface area contributed by atoms with Gasteiger partial charge in [-0.15, -0.1) is 0 Å². The van der Waals surface area contributed by atoms with Gasteiger partial charge < -0.3 is 18.9 Å². The van der Waals surface area contributed by atoms with E-state index >= 15 is 0 Å². The summed E-state index contributed by atoms with van der Waals surface area (Å²) < 4.78 is 16.3. The van der Waals surface area contributed by atoms with E-state index in [1.54, 1.807) is 0 Å². The zero-order chi connectivity index (χ0) is 17.4. The number of ether oxygens (including phenoxy) is 2. The van der Waals surface area contributed by atoms with E-state index in [1.807, 2.05) is 11.8 Å². The van der Waals surface area contributed by atoms with Gasteiger partial charge in [0.2, 0.25) is 11.8 Å². The van der Waals surface area contributed by atoms with Crippen molar-refractivity contribution in [1.29, 1.82) is 0 Å². The molecule has 0 radical (unpaired) electrons. The van der Waals surface area contributed by atoms with Crippen LogP contribution in [-0.4, -0.2) is 60.0 Å². The van der Waals surface area contributed by atoms with Crippen LogP contribution in [0.4, 0.5) is 0 Å². The molecular formula is C17H29N3O4. The number of likely N-dealkylation sites (tertiary alicyclic amines) is 1. The minimum Gasteiger partial charge on any atom is -0.378 e. The van der Waals surface area contributed by atoms with E-state index in [0.717, 1.165) is 32.4 Å². The smallest absolute Gasteiger partial charge is 0.248 e. The molecule has 0 aromatic carbocycles. The quantitative estimate of drug-likeness (QED) is 0.683. The topological polar surface area (TPSA) is 77.7 Å². The van der Waals surface area contributed by atoms with Crippen LogP contribution in [0.25, 0.3) is 0 Å². The molecule has 24 heavy (non-hydrogen) atoms. The Kier molecular flexibility index (Phi) is 7.65. The third kappa shape index (κ3) is 6.20. The van der Waals surface area contributed by atoms with E-state index < -0.39 is 0 Å². The van der Waals surface area contributed by atoms with Crippen molar-refractivity contribution in [2.45, 2.75) is 52.6 Å². The van der Waals surface area contributed by atoms with Crippen molar-refractivity contribution in [3.63, 3.8) is 0 Å². The third-order valence-electron chi connectivity index (χ3n) is 4.00. The summed E-state index contributed by atoms with van der Waals surface area (Å²) in [5, 5.41) is 3.98. The number of hydrogen-bond acceptors (Lipinski definition) is 6. The number of aromatic nitrogens is 2. The SMILES string of the molecule is CCOCC(=O)N1CCC(OCCc2noc(CC(C)C)n2)CC1. The van der Waals surface area contributed by atoms with Crippen molar-refractivity contribution in [2.75, 3.05) is 32.9 Å². The highest BCUT2D eigenvalue weighted by Crippen LogP contribution is 2.14. The van der Waals surface area contributed by atoms with E-state index in [2.05, 4.69) is 24.0 Å². The van der Waals surface area contributed by atoms with Gasteiger partial charge in [-0.1, -0.05) is 19.0 Å². The zero-order valence-corrected chi connectivity index (χ0v) is 15.0. The van der Waals surface area contributed by atoms with Crippen LogP contribution in [0.1, 0.15) is 45.3 Å². The van der Waals surface area contributed by atoms with Crippen LogP contribution < -0.4 is 0 Å². The molecule has 7 nitrogen and oxygen atoms in total. The van der Waals surface area contributed by atoms with Gasteiger partial charge in [0.05, 0.1) is 12.7 Å². The lowest BCUT2D eigenvalue weighted by Crippen LogP contribution is -2.42. The molecule has 0 saturated carbocycles. The van der Waals surface area contributed by atoms with E-state index in [1.165, 1.54) is 0 Å². The molecule has 0 unspecified atom stereocenters. The van der Waals surface area contributed by atoms with Crippen LogP contribution in [0.15, 0.2) is 4.52 Å². The molecule has 1 aromatic heterocycles. The van der Waals surface area contributed by atoms with E-state index in [0.29, 0.717) is 37.3 Å². The van der Waals surface area contributed by atoms with Crippen molar-refractivity contribution < 1.29 is 18.8 Å². The number of piperidine rings is 1. The fourth-order valence-electron chi connectivity index (χ4n) is 2.69. The molecule has 0 atom stereocenters. The fourth-order valence-corrected chi connectivity index (χ4v) is 2.69. The Hall–Kier alpha value is -1.47. The maximum Gasteiger partial charge on any atom is 0.248 e. The van der Waals surface area contributed by atoms with Crippen LogP contribution in [0.3, 0.4) is 0 Å². The molecule has 1 aliphatic heterocycles. The number of nitrogens with zero attached hydrogens (tertiary/aromatic N) is 3. The van der Waals surface area contributed by atoms with E-state index in [4.69, 9.17) is 14.0 Å². The van der Waals surface area contributed by atoms with Crippen molar-refractivity contribution in [2.24, 2.45) is 5.92 Å². The first-order valence-electron chi connectivity index (χ1n) is 8.87. The summed E-state index contributed by atoms with van der Waals surface area (Å²) in [7, 11) is 0. The Bertz CT molecular complexity index is 496. The summed E-state index contributed by atoms with van der Waals surface area (Å²) in [6.07, 6.45) is 3.39. The predicted molar refractivity (Wildman–Crippen MR) is 88.6 cm³/mol. The fraction of sp³-hybridized carbons (Fsp3) is 0.824. The van der Waals surface area contributed by atoms with Gasteiger partial charge in [-0.3, -0.25) is 4.79 Å². The van der Waals surface area contributed by atoms with Crippen molar-refractivity contribution >= 4 is 5.91 Å². The number of rotatable bonds is 9. The normalized spacial score (nSPS) is 16.1. The van der Waals surface area contributed by atoms with Crippen LogP contribution in [-0.2, 0) is 27.1 Å². The lowest BCUT2D eigenvalue weighted by molar-refractivity contribution is -0.138. The van der Waals surface area contributed by atoms with Crippen molar-refractivity contribution in [3.05, 3.63) is 11.7 Å². The Morgan fingerprint density at radius 1 is 1.38 bits per heavy atom. The maximum absolute atomic E-state index is 11.9. The summed E-state index contributed by atoms with van der Waals surface area (Å²) in [5.41, 5.74) is 0. The van der Waals surface area contributed by atoms with Gasteiger partial charge in [0, 0.05) is 32.5 Å². The molecule has 1 fully saturated rings. The second-order valence-electron chi connectivity index (χ2n) is 6.54. The average Bonchev–Trinajstić information content (AvgIpc) is 3.00. The van der Waals surface area contributed by atoms with Crippen LogP contribution in [0.5, 0.6) is 0 Å². The minimum atomic E-state index is 0.0692. The summed E-state index contributed by atoms with van der Waals surface area (Å²) in [5.74, 6) is 1.97. The number of carbonyl (C=O) groups is 1. The van der Waals surface area contributed by atoms with Crippen LogP contribution in [0.2, 0.25) is 0 Å². The lowest BCUT2D eigenvalue weighted by Gasteiger charge is -2.31. The largest absolute Gasteiger partial charge is 0.378 e. The molecule has 0 N–H and O–H groups in total. The highest BCUT2D eigenvalue weighted by molar-refractivity contribution is 5.77. The summed E-state index contributed by atoms with van der Waals surface area (Å²) in [4.78, 5) is 18.1. The first-order chi connectivity index (χ1) is 11.6. The number of amides is 1. The molecule has 2 rings (SSSR count). The van der Waals surface area contributed by atoms with E-state index in [9.17, 15) is 4.79 Å². The summed E-state index contributed by atoms with van der Waals surface area (Å²) >= 11 is 0. The van der Waals surface area contributed by atoms with Gasteiger partial charge in [-0.2, -0.15) is 4.98 Å². The molecule has 0 aliphatic carbocycles. The Morgan fingerprint density at radius 2 is 2.12 bits per heavy atom. The van der Waals surface area contributed by atoms with Crippen LogP contribution in [0, 0.1) is 5.92 Å². The predicted octanol–water partition coefficient (Wildman–Crippen LogP) is 1.85. The van der Waals surface area contributed by atoms with Gasteiger partial charge in [-0.25, -0.2) is 0 Å².